The maximum absolute atomic E-state index is 12.7. The van der Waals surface area contributed by atoms with Crippen molar-refractivity contribution in [2.45, 2.75) is 45.1 Å². The van der Waals surface area contributed by atoms with Crippen molar-refractivity contribution in [1.29, 1.82) is 0 Å². The molecule has 3 rings (SSSR count). The van der Waals surface area contributed by atoms with E-state index in [9.17, 15) is 4.79 Å². The summed E-state index contributed by atoms with van der Waals surface area (Å²) in [6.07, 6.45) is 4.88. The van der Waals surface area contributed by atoms with Gasteiger partial charge >= 0.3 is 0 Å². The third-order valence-electron chi connectivity index (χ3n) is 5.61. The molecular weight excluding hydrogens is 348 g/mol. The van der Waals surface area contributed by atoms with Crippen molar-refractivity contribution < 1.29 is 9.53 Å². The molecule has 1 fully saturated rings. The van der Waals surface area contributed by atoms with E-state index >= 15 is 0 Å². The maximum atomic E-state index is 12.7. The van der Waals surface area contributed by atoms with Crippen molar-refractivity contribution in [3.63, 3.8) is 0 Å². The lowest BCUT2D eigenvalue weighted by molar-refractivity contribution is -0.119. The number of rotatable bonds is 8. The Morgan fingerprint density at radius 3 is 2.54 bits per heavy atom. The van der Waals surface area contributed by atoms with Gasteiger partial charge in [0.2, 0.25) is 5.91 Å². The molecule has 4 nitrogen and oxygen atoms in total. The highest BCUT2D eigenvalue weighted by Crippen LogP contribution is 2.27. The highest BCUT2D eigenvalue weighted by atomic mass is 16.5. The van der Waals surface area contributed by atoms with Crippen LogP contribution in [0.2, 0.25) is 0 Å². The minimum absolute atomic E-state index is 0.191. The Balaban J connectivity index is 1.55. The number of nitrogens with zero attached hydrogens (tertiary/aromatic N) is 2. The summed E-state index contributed by atoms with van der Waals surface area (Å²) in [5.41, 5.74) is 2.36. The van der Waals surface area contributed by atoms with Crippen LogP contribution in [0.25, 0.3) is 0 Å². The van der Waals surface area contributed by atoms with Crippen molar-refractivity contribution in [3.8, 4) is 5.75 Å². The van der Waals surface area contributed by atoms with Crippen LogP contribution < -0.4 is 9.64 Å². The van der Waals surface area contributed by atoms with Gasteiger partial charge in [0.05, 0.1) is 7.11 Å². The van der Waals surface area contributed by atoms with Gasteiger partial charge < -0.3 is 14.5 Å². The van der Waals surface area contributed by atoms with E-state index in [1.54, 1.807) is 7.11 Å². The molecule has 1 aliphatic heterocycles. The van der Waals surface area contributed by atoms with Crippen molar-refractivity contribution in [2.75, 3.05) is 31.6 Å². The van der Waals surface area contributed by atoms with Gasteiger partial charge in [-0.2, -0.15) is 0 Å². The number of anilines is 1. The summed E-state index contributed by atoms with van der Waals surface area (Å²) in [5.74, 6) is 0.987. The summed E-state index contributed by atoms with van der Waals surface area (Å²) in [6.45, 7) is 5.17. The number of carbonyl (C=O) groups excluding carboxylic acids is 1. The first kappa shape index (κ1) is 20.4. The van der Waals surface area contributed by atoms with Crippen LogP contribution in [0.5, 0.6) is 5.75 Å². The van der Waals surface area contributed by atoms with E-state index in [2.05, 4.69) is 35.2 Å². The smallest absolute Gasteiger partial charge is 0.226 e. The number of amides is 1. The Morgan fingerprint density at radius 2 is 1.86 bits per heavy atom. The van der Waals surface area contributed by atoms with Crippen LogP contribution in [0.3, 0.4) is 0 Å². The number of aryl methyl sites for hydroxylation is 1. The van der Waals surface area contributed by atoms with Gasteiger partial charge in [0.1, 0.15) is 5.75 Å². The zero-order chi connectivity index (χ0) is 19.8. The fraction of sp³-hybridized carbons (Fsp3) is 0.458. The van der Waals surface area contributed by atoms with E-state index in [0.717, 1.165) is 50.3 Å². The Bertz CT molecular complexity index is 739. The van der Waals surface area contributed by atoms with Gasteiger partial charge in [-0.15, -0.1) is 0 Å². The van der Waals surface area contributed by atoms with Crippen LogP contribution >= 0.6 is 0 Å². The van der Waals surface area contributed by atoms with Crippen LogP contribution in [-0.2, 0) is 11.2 Å². The Kier molecular flexibility index (Phi) is 7.49. The summed E-state index contributed by atoms with van der Waals surface area (Å²) >= 11 is 0. The van der Waals surface area contributed by atoms with Gasteiger partial charge in [0, 0.05) is 37.3 Å². The van der Waals surface area contributed by atoms with E-state index < -0.39 is 0 Å². The molecule has 0 spiro atoms. The summed E-state index contributed by atoms with van der Waals surface area (Å²) in [4.78, 5) is 17.2. The maximum Gasteiger partial charge on any atom is 0.226 e. The lowest BCUT2D eigenvalue weighted by Gasteiger charge is -2.38. The molecule has 0 N–H and O–H groups in total. The molecule has 0 aliphatic carbocycles. The normalized spacial score (nSPS) is 15.4. The van der Waals surface area contributed by atoms with Crippen LogP contribution in [0.15, 0.2) is 54.6 Å². The number of piperidine rings is 1. The number of benzene rings is 2. The Hall–Kier alpha value is -2.33. The Morgan fingerprint density at radius 1 is 1.11 bits per heavy atom. The van der Waals surface area contributed by atoms with Crippen LogP contribution in [-0.4, -0.2) is 43.6 Å². The van der Waals surface area contributed by atoms with E-state index in [1.807, 2.05) is 36.1 Å². The number of ether oxygens (including phenoxy) is 1. The predicted octanol–water partition coefficient (Wildman–Crippen LogP) is 4.54. The third-order valence-corrected chi connectivity index (χ3v) is 5.61. The topological polar surface area (TPSA) is 32.8 Å². The molecule has 4 heteroatoms. The summed E-state index contributed by atoms with van der Waals surface area (Å²) < 4.78 is 5.36. The second-order valence-corrected chi connectivity index (χ2v) is 7.48. The van der Waals surface area contributed by atoms with Crippen molar-refractivity contribution in [3.05, 3.63) is 60.2 Å². The lowest BCUT2D eigenvalue weighted by Crippen LogP contribution is -2.47. The minimum Gasteiger partial charge on any atom is -0.497 e. The number of likely N-dealkylation sites (tertiary alicyclic amines) is 1. The number of carbonyl (C=O) groups is 1. The first-order valence-corrected chi connectivity index (χ1v) is 10.4. The predicted molar refractivity (Wildman–Crippen MR) is 115 cm³/mol. The molecule has 2 aromatic rings. The van der Waals surface area contributed by atoms with E-state index in [0.29, 0.717) is 6.42 Å². The highest BCUT2D eigenvalue weighted by Gasteiger charge is 2.28. The number of hydrogen-bond acceptors (Lipinski definition) is 3. The van der Waals surface area contributed by atoms with Crippen LogP contribution in [0, 0.1) is 0 Å². The second kappa shape index (κ2) is 10.3. The average molecular weight is 381 g/mol. The third kappa shape index (κ3) is 5.35. The zero-order valence-corrected chi connectivity index (χ0v) is 17.1. The molecule has 1 saturated heterocycles. The first-order chi connectivity index (χ1) is 13.7. The Labute approximate surface area is 169 Å². The fourth-order valence-electron chi connectivity index (χ4n) is 4.04. The van der Waals surface area contributed by atoms with Crippen molar-refractivity contribution in [2.24, 2.45) is 0 Å². The molecule has 1 amide bonds. The van der Waals surface area contributed by atoms with Gasteiger partial charge in [-0.25, -0.2) is 0 Å². The van der Waals surface area contributed by atoms with E-state index in [4.69, 9.17) is 4.74 Å². The summed E-state index contributed by atoms with van der Waals surface area (Å²) in [6, 6.07) is 18.8. The van der Waals surface area contributed by atoms with Crippen LogP contribution in [0.4, 0.5) is 5.69 Å². The van der Waals surface area contributed by atoms with Crippen molar-refractivity contribution >= 4 is 11.6 Å². The van der Waals surface area contributed by atoms with E-state index in [1.165, 1.54) is 12.0 Å². The monoisotopic (exact) mass is 380 g/mol. The second-order valence-electron chi connectivity index (χ2n) is 7.48. The lowest BCUT2D eigenvalue weighted by atomic mass is 10.0. The van der Waals surface area contributed by atoms with Gasteiger partial charge in [-0.05, 0) is 49.9 Å². The van der Waals surface area contributed by atoms with E-state index in [-0.39, 0.29) is 11.9 Å². The molecule has 0 aromatic heterocycles. The molecule has 2 aromatic carbocycles. The molecule has 1 heterocycles. The summed E-state index contributed by atoms with van der Waals surface area (Å²) in [5, 5.41) is 0. The first-order valence-electron chi connectivity index (χ1n) is 10.4. The van der Waals surface area contributed by atoms with Gasteiger partial charge in [-0.3, -0.25) is 4.79 Å². The fourth-order valence-corrected chi connectivity index (χ4v) is 4.04. The average Bonchev–Trinajstić information content (AvgIpc) is 2.76. The molecule has 150 valence electrons. The number of methoxy groups -OCH3 is 1. The zero-order valence-electron chi connectivity index (χ0n) is 17.1. The molecule has 0 bridgehead atoms. The highest BCUT2D eigenvalue weighted by molar-refractivity contribution is 5.94. The van der Waals surface area contributed by atoms with Crippen molar-refractivity contribution in [1.82, 2.24) is 4.90 Å². The quantitative estimate of drug-likeness (QED) is 0.674. The SMILES string of the molecule is CCC(=O)N(c1cccc(OC)c1)C1CCN(CCCc2ccccc2)CC1. The van der Waals surface area contributed by atoms with Gasteiger partial charge in [0.15, 0.2) is 0 Å². The number of hydrogen-bond donors (Lipinski definition) is 0. The van der Waals surface area contributed by atoms with Gasteiger partial charge in [0.25, 0.3) is 0 Å². The molecule has 0 radical (unpaired) electrons. The standard InChI is InChI=1S/C24H32N2O2/c1-3-24(27)26(22-12-7-13-23(19-22)28-2)21-14-17-25(18-15-21)16-8-11-20-9-5-4-6-10-20/h4-7,9-10,12-13,19,21H,3,8,11,14-18H2,1-2H3. The molecule has 0 unspecified atom stereocenters. The molecule has 28 heavy (non-hydrogen) atoms. The van der Waals surface area contributed by atoms with Gasteiger partial charge in [-0.1, -0.05) is 43.3 Å². The molecular formula is C24H32N2O2. The molecule has 1 aliphatic rings. The van der Waals surface area contributed by atoms with Crippen LogP contribution in [0.1, 0.15) is 38.2 Å². The summed E-state index contributed by atoms with van der Waals surface area (Å²) in [7, 11) is 1.67. The largest absolute Gasteiger partial charge is 0.497 e. The molecule has 0 atom stereocenters. The minimum atomic E-state index is 0.191. The molecule has 0 saturated carbocycles.